The molecule has 0 rings (SSSR count). The SMILES string of the molecule is CC(C)(C)O.CC(C)(C)O.CC(C)(C)O.CCC(C)(C)[NH-].[Nb]. The van der Waals surface area contributed by atoms with Gasteiger partial charge in [-0.3, -0.25) is 0 Å². The molecule has 0 saturated heterocycles. The quantitative estimate of drug-likeness (QED) is 0.563. The van der Waals surface area contributed by atoms with Crippen molar-refractivity contribution in [3.8, 4) is 0 Å². The van der Waals surface area contributed by atoms with Crippen LogP contribution in [0.5, 0.6) is 0 Å². The van der Waals surface area contributed by atoms with Crippen LogP contribution in [-0.4, -0.2) is 37.7 Å². The topological polar surface area (TPSA) is 84.5 Å². The molecule has 4 N–H and O–H groups in total. The molecule has 0 aromatic rings. The van der Waals surface area contributed by atoms with Gasteiger partial charge in [0.05, 0.1) is 16.8 Å². The Kier molecular flexibility index (Phi) is 21.6. The Labute approximate surface area is 155 Å². The number of hydrogen-bond donors (Lipinski definition) is 3. The molecule has 0 aromatic carbocycles. The summed E-state index contributed by atoms with van der Waals surface area (Å²) in [5, 5.41) is 25.6. The van der Waals surface area contributed by atoms with Crippen LogP contribution in [0.1, 0.15) is 89.5 Å². The van der Waals surface area contributed by atoms with E-state index in [4.69, 9.17) is 21.1 Å². The van der Waals surface area contributed by atoms with Gasteiger partial charge in [-0.1, -0.05) is 27.2 Å². The first kappa shape index (κ1) is 34.0. The van der Waals surface area contributed by atoms with Crippen molar-refractivity contribution >= 4 is 0 Å². The average Bonchev–Trinajstić information content (AvgIpc) is 1.91. The Morgan fingerprint density at radius 2 is 0.636 bits per heavy atom. The molecule has 0 saturated carbocycles. The van der Waals surface area contributed by atoms with Crippen molar-refractivity contribution in [2.45, 2.75) is 112 Å². The van der Waals surface area contributed by atoms with Gasteiger partial charge >= 0.3 is 0 Å². The normalized spacial score (nSPS) is 11.5. The van der Waals surface area contributed by atoms with E-state index < -0.39 is 16.8 Å². The molecule has 0 aromatic heterocycles. The molecule has 0 aliphatic heterocycles. The molecule has 22 heavy (non-hydrogen) atoms. The maximum Gasteiger partial charge on any atom is 0.0563 e. The van der Waals surface area contributed by atoms with E-state index in [-0.39, 0.29) is 27.9 Å². The van der Waals surface area contributed by atoms with E-state index in [1.54, 1.807) is 62.3 Å². The molecule has 139 valence electrons. The van der Waals surface area contributed by atoms with E-state index in [0.29, 0.717) is 0 Å². The molecule has 0 aliphatic rings. The second kappa shape index (κ2) is 14.0. The molecule has 5 heteroatoms. The maximum absolute atomic E-state index is 8.52. The van der Waals surface area contributed by atoms with Crippen LogP contribution in [0.25, 0.3) is 5.73 Å². The van der Waals surface area contributed by atoms with Gasteiger partial charge < -0.3 is 21.1 Å². The van der Waals surface area contributed by atoms with Crippen molar-refractivity contribution in [1.29, 1.82) is 0 Å². The van der Waals surface area contributed by atoms with E-state index in [9.17, 15) is 0 Å². The van der Waals surface area contributed by atoms with E-state index in [1.807, 2.05) is 20.8 Å². The van der Waals surface area contributed by atoms with E-state index in [2.05, 4.69) is 0 Å². The van der Waals surface area contributed by atoms with Crippen LogP contribution in [0.3, 0.4) is 0 Å². The summed E-state index contributed by atoms with van der Waals surface area (Å²) < 4.78 is 0. The molecule has 0 unspecified atom stereocenters. The smallest absolute Gasteiger partial charge is 0.0563 e. The fourth-order valence-electron chi connectivity index (χ4n) is 0. The van der Waals surface area contributed by atoms with Gasteiger partial charge in [0, 0.05) is 22.4 Å². The van der Waals surface area contributed by atoms with Crippen molar-refractivity contribution in [1.82, 2.24) is 0 Å². The predicted molar refractivity (Wildman–Crippen MR) is 94.6 cm³/mol. The van der Waals surface area contributed by atoms with Crippen LogP contribution in [-0.2, 0) is 22.4 Å². The molecule has 0 heterocycles. The van der Waals surface area contributed by atoms with Crippen LogP contribution >= 0.6 is 0 Å². The first-order chi connectivity index (χ1) is 8.56. The second-order valence-electron chi connectivity index (χ2n) is 8.75. The van der Waals surface area contributed by atoms with Crippen molar-refractivity contribution in [3.05, 3.63) is 5.73 Å². The summed E-state index contributed by atoms with van der Waals surface area (Å²) in [6.07, 6.45) is 0.938. The van der Waals surface area contributed by atoms with Crippen molar-refractivity contribution in [2.24, 2.45) is 0 Å². The predicted octanol–water partition coefficient (Wildman–Crippen LogP) is 4.56. The summed E-state index contributed by atoms with van der Waals surface area (Å²) in [5.74, 6) is 0. The monoisotopic (exact) mass is 401 g/mol. The molecule has 0 spiro atoms. The Bertz CT molecular complexity index is 171. The summed E-state index contributed by atoms with van der Waals surface area (Å²) in [7, 11) is 0. The third kappa shape index (κ3) is 616. The minimum atomic E-state index is -0.500. The Morgan fingerprint density at radius 3 is 0.636 bits per heavy atom. The largest absolute Gasteiger partial charge is 0.672 e. The summed E-state index contributed by atoms with van der Waals surface area (Å²) in [6.45, 7) is 21.5. The van der Waals surface area contributed by atoms with Crippen LogP contribution in [0.4, 0.5) is 0 Å². The van der Waals surface area contributed by atoms with E-state index in [1.165, 1.54) is 0 Å². The molecular weight excluding hydrogens is 359 g/mol. The van der Waals surface area contributed by atoms with Crippen molar-refractivity contribution in [3.63, 3.8) is 0 Å². The molecule has 0 aliphatic carbocycles. The zero-order valence-electron chi connectivity index (χ0n) is 17.0. The number of hydrogen-bond acceptors (Lipinski definition) is 3. The third-order valence-electron chi connectivity index (χ3n) is 0.884. The zero-order chi connectivity index (χ0) is 18.7. The summed E-state index contributed by atoms with van der Waals surface area (Å²) >= 11 is 0. The molecular formula is C17H42NNbO3-. The number of aliphatic hydroxyl groups is 3. The van der Waals surface area contributed by atoms with Gasteiger partial charge in [-0.15, -0.1) is 5.54 Å². The fourth-order valence-corrected chi connectivity index (χ4v) is 0. The fraction of sp³-hybridized carbons (Fsp3) is 1.00. The van der Waals surface area contributed by atoms with Crippen LogP contribution in [0, 0.1) is 0 Å². The molecule has 0 atom stereocenters. The van der Waals surface area contributed by atoms with E-state index in [0.717, 1.165) is 6.42 Å². The van der Waals surface area contributed by atoms with Crippen molar-refractivity contribution < 1.29 is 37.7 Å². The van der Waals surface area contributed by atoms with Gasteiger partial charge in [0.25, 0.3) is 0 Å². The van der Waals surface area contributed by atoms with Crippen molar-refractivity contribution in [2.75, 3.05) is 0 Å². The molecule has 0 amide bonds. The maximum atomic E-state index is 8.52. The second-order valence-corrected chi connectivity index (χ2v) is 8.75. The third-order valence-corrected chi connectivity index (χ3v) is 0.884. The van der Waals surface area contributed by atoms with Crippen LogP contribution in [0.15, 0.2) is 0 Å². The standard InChI is InChI=1S/C5H12N.3C4H10O.Nb/c1-4-5(2,3)6;3*1-4(2,3)5;/h6H,4H2,1-3H3;3*5H,1-3H3;/q-1;;;;. The number of nitrogens with one attached hydrogen (secondary N) is 1. The first-order valence-electron chi connectivity index (χ1n) is 7.48. The Hall–Kier alpha value is 0.580. The Morgan fingerprint density at radius 1 is 0.591 bits per heavy atom. The molecule has 1 radical (unpaired) electrons. The van der Waals surface area contributed by atoms with Gasteiger partial charge in [0.2, 0.25) is 0 Å². The number of rotatable bonds is 1. The van der Waals surface area contributed by atoms with Gasteiger partial charge in [0.15, 0.2) is 0 Å². The molecule has 4 nitrogen and oxygen atoms in total. The summed E-state index contributed by atoms with van der Waals surface area (Å²) in [5.41, 5.74) is 5.47. The minimum Gasteiger partial charge on any atom is -0.672 e. The van der Waals surface area contributed by atoms with Gasteiger partial charge in [-0.25, -0.2) is 0 Å². The molecule has 0 bridgehead atoms. The van der Waals surface area contributed by atoms with Crippen LogP contribution in [0.2, 0.25) is 0 Å². The Balaban J connectivity index is -0.0000000577. The molecule has 0 fully saturated rings. The zero-order valence-corrected chi connectivity index (χ0v) is 19.2. The average molecular weight is 401 g/mol. The van der Waals surface area contributed by atoms with Gasteiger partial charge in [-0.05, 0) is 62.3 Å². The summed E-state index contributed by atoms with van der Waals surface area (Å²) in [4.78, 5) is 0. The van der Waals surface area contributed by atoms with Crippen LogP contribution < -0.4 is 0 Å². The minimum absolute atomic E-state index is 0. The summed E-state index contributed by atoms with van der Waals surface area (Å²) in [6, 6.07) is 0. The van der Waals surface area contributed by atoms with Gasteiger partial charge in [-0.2, -0.15) is 0 Å². The first-order valence-corrected chi connectivity index (χ1v) is 7.48. The van der Waals surface area contributed by atoms with Gasteiger partial charge in [0.1, 0.15) is 0 Å². The van der Waals surface area contributed by atoms with E-state index >= 15 is 0 Å².